The van der Waals surface area contributed by atoms with E-state index in [0.717, 1.165) is 98.6 Å². The molecule has 18 heteroatoms. The maximum absolute atomic E-state index is 15.0. The summed E-state index contributed by atoms with van der Waals surface area (Å²) in [4.78, 5) is 82.1. The van der Waals surface area contributed by atoms with Crippen molar-refractivity contribution in [3.05, 3.63) is 118 Å². The van der Waals surface area contributed by atoms with Gasteiger partial charge in [-0.25, -0.2) is 15.2 Å². The van der Waals surface area contributed by atoms with Crippen molar-refractivity contribution in [1.82, 2.24) is 50.0 Å². The quantitative estimate of drug-likeness (QED) is 0.119. The number of likely N-dealkylation sites (N-methyl/N-ethyl adjacent to an activating group) is 1. The lowest BCUT2D eigenvalue weighted by molar-refractivity contribution is -0.155. The molecule has 0 radical (unpaired) electrons. The number of carbonyl (C=O) groups is 4. The fourth-order valence-corrected chi connectivity index (χ4v) is 13.4. The number of anilines is 1. The van der Waals surface area contributed by atoms with Gasteiger partial charge < -0.3 is 34.1 Å². The number of piperazine rings is 1. The largest absolute Gasteiger partial charge is 0.464 e. The smallest absolute Gasteiger partial charge is 0.324 e. The van der Waals surface area contributed by atoms with Crippen LogP contribution < -0.4 is 15.6 Å². The molecule has 5 aliphatic rings. The maximum Gasteiger partial charge on any atom is 0.324 e. The van der Waals surface area contributed by atoms with Gasteiger partial charge in [-0.15, -0.1) is 11.3 Å². The molecule has 0 spiro atoms. The zero-order valence-corrected chi connectivity index (χ0v) is 47.7. The first-order valence-electron chi connectivity index (χ1n) is 28.3. The van der Waals surface area contributed by atoms with E-state index in [9.17, 15) is 19.2 Å². The number of carbonyl (C=O) groups excluding carboxylic acids is 4. The Labute approximate surface area is 467 Å². The summed E-state index contributed by atoms with van der Waals surface area (Å²) in [6, 6.07) is 17.8. The molecule has 4 aliphatic heterocycles. The van der Waals surface area contributed by atoms with Gasteiger partial charge in [0, 0.05) is 118 Å². The number of aryl methyl sites for hydroxylation is 1. The number of pyridine rings is 2. The number of nitrogens with zero attached hydrogens (tertiary/aromatic N) is 9. The van der Waals surface area contributed by atoms with E-state index in [0.29, 0.717) is 44.6 Å². The van der Waals surface area contributed by atoms with Gasteiger partial charge in [0.2, 0.25) is 5.91 Å². The topological polar surface area (TPSA) is 171 Å². The van der Waals surface area contributed by atoms with Crippen molar-refractivity contribution in [1.29, 1.82) is 0 Å². The number of hydrogen-bond donors (Lipinski definition) is 2. The molecular formula is C61H75N11O6S. The fraction of sp³-hybridized carbons (Fsp3) is 0.492. The van der Waals surface area contributed by atoms with Crippen LogP contribution in [0.15, 0.2) is 84.6 Å². The number of nitrogens with one attached hydrogen (secondary N) is 2. The highest BCUT2D eigenvalue weighted by Crippen LogP contribution is 2.44. The highest BCUT2D eigenvalue weighted by Gasteiger charge is 2.42. The third kappa shape index (κ3) is 10.9. The van der Waals surface area contributed by atoms with E-state index in [1.54, 1.807) is 31.5 Å². The molecule has 4 amide bonds. The van der Waals surface area contributed by atoms with Crippen LogP contribution in [0.4, 0.5) is 10.5 Å². The summed E-state index contributed by atoms with van der Waals surface area (Å²) in [6.07, 6.45) is 9.46. The second kappa shape index (κ2) is 22.4. The summed E-state index contributed by atoms with van der Waals surface area (Å²) in [6.45, 7) is 17.7. The van der Waals surface area contributed by atoms with Crippen molar-refractivity contribution in [3.63, 3.8) is 0 Å². The van der Waals surface area contributed by atoms with Gasteiger partial charge in [-0.1, -0.05) is 58.0 Å². The van der Waals surface area contributed by atoms with E-state index < -0.39 is 47.4 Å². The summed E-state index contributed by atoms with van der Waals surface area (Å²) < 4.78 is 14.7. The van der Waals surface area contributed by atoms with E-state index >= 15 is 0 Å². The average Bonchev–Trinajstić information content (AvgIpc) is 4.23. The molecule has 0 unspecified atom stereocenters. The van der Waals surface area contributed by atoms with E-state index in [1.165, 1.54) is 34.1 Å². The molecule has 416 valence electrons. The number of hydrogen-bond acceptors (Lipinski definition) is 13. The van der Waals surface area contributed by atoms with Gasteiger partial charge in [0.25, 0.3) is 5.91 Å². The van der Waals surface area contributed by atoms with Crippen LogP contribution in [0.5, 0.6) is 0 Å². The molecule has 79 heavy (non-hydrogen) atoms. The van der Waals surface area contributed by atoms with Crippen LogP contribution in [0.1, 0.15) is 113 Å². The van der Waals surface area contributed by atoms with Gasteiger partial charge in [-0.05, 0) is 104 Å². The highest BCUT2D eigenvalue weighted by atomic mass is 32.1. The molecule has 6 aromatic rings. The molecule has 11 rings (SSSR count). The lowest BCUT2D eigenvalue weighted by atomic mass is 9.84. The third-order valence-corrected chi connectivity index (χ3v) is 17.8. The van der Waals surface area contributed by atoms with Gasteiger partial charge in [0.15, 0.2) is 0 Å². The Morgan fingerprint density at radius 1 is 0.987 bits per heavy atom. The van der Waals surface area contributed by atoms with Crippen molar-refractivity contribution in [2.24, 2.45) is 11.3 Å². The first kappa shape index (κ1) is 54.2. The minimum Gasteiger partial charge on any atom is -0.464 e. The van der Waals surface area contributed by atoms with Crippen molar-refractivity contribution >= 4 is 51.7 Å². The van der Waals surface area contributed by atoms with E-state index in [4.69, 9.17) is 19.4 Å². The predicted molar refractivity (Wildman–Crippen MR) is 306 cm³/mol. The number of amides is 4. The number of methoxy groups -OCH3 is 1. The molecule has 5 atom stereocenters. The SMILES string of the molecule is CCn1c(-c2cc(N3CCN(C4CC4)CC3)cnc2[C@H](C)OC)c2c3cc(ccc31)-c1nc(cs1)C[C@H](NC(=O)[C@H](C(C)C)N(C)C(=O)N1Cc3ccccc3[C@@H]1c1cccnc1)C(=O)N1CCC[C@H](N1)C(=O)OCC(C)(C)C2. The Kier molecular flexibility index (Phi) is 15.4. The monoisotopic (exact) mass is 1090 g/mol. The number of hydrazine groups is 1. The predicted octanol–water partition coefficient (Wildman–Crippen LogP) is 8.56. The van der Waals surface area contributed by atoms with Crippen LogP contribution >= 0.6 is 11.3 Å². The fourth-order valence-electron chi connectivity index (χ4n) is 12.5. The summed E-state index contributed by atoms with van der Waals surface area (Å²) in [5.41, 5.74) is 13.4. The minimum atomic E-state index is -1.10. The minimum absolute atomic E-state index is 0.0683. The van der Waals surface area contributed by atoms with Gasteiger partial charge in [-0.2, -0.15) is 0 Å². The first-order valence-corrected chi connectivity index (χ1v) is 29.2. The summed E-state index contributed by atoms with van der Waals surface area (Å²) in [7, 11) is 3.38. The van der Waals surface area contributed by atoms with Gasteiger partial charge in [0.1, 0.15) is 23.1 Å². The summed E-state index contributed by atoms with van der Waals surface area (Å²) >= 11 is 1.49. The van der Waals surface area contributed by atoms with Crippen LogP contribution in [0.2, 0.25) is 0 Å². The Balaban J connectivity index is 0.943. The molecule has 1 saturated carbocycles. The lowest BCUT2D eigenvalue weighted by Crippen LogP contribution is -2.62. The lowest BCUT2D eigenvalue weighted by Gasteiger charge is -2.37. The van der Waals surface area contributed by atoms with E-state index in [1.807, 2.05) is 61.8 Å². The van der Waals surface area contributed by atoms with Crippen LogP contribution in [0.3, 0.4) is 0 Å². The van der Waals surface area contributed by atoms with Gasteiger partial charge >= 0.3 is 12.0 Å². The number of benzene rings is 2. The van der Waals surface area contributed by atoms with E-state index in [2.05, 4.69) is 82.1 Å². The van der Waals surface area contributed by atoms with Crippen LogP contribution in [-0.2, 0) is 49.8 Å². The maximum atomic E-state index is 15.0. The number of ether oxygens (including phenoxy) is 2. The number of urea groups is 1. The Morgan fingerprint density at radius 3 is 2.52 bits per heavy atom. The zero-order chi connectivity index (χ0) is 55.3. The number of fused-ring (bicyclic) bond motifs is 7. The molecule has 3 fully saturated rings. The summed E-state index contributed by atoms with van der Waals surface area (Å²) in [5, 5.41) is 8.37. The molecule has 17 nitrogen and oxygen atoms in total. The van der Waals surface area contributed by atoms with Crippen molar-refractivity contribution in [3.8, 4) is 21.8 Å². The van der Waals surface area contributed by atoms with Crippen molar-refractivity contribution in [2.45, 2.75) is 129 Å². The molecule has 1 aliphatic carbocycles. The molecule has 2 N–H and O–H groups in total. The number of cyclic esters (lactones) is 1. The normalized spacial score (nSPS) is 21.6. The number of thiazole rings is 1. The molecule has 2 saturated heterocycles. The van der Waals surface area contributed by atoms with Crippen molar-refractivity contribution < 1.29 is 28.7 Å². The van der Waals surface area contributed by atoms with Gasteiger partial charge in [-0.3, -0.25) is 34.3 Å². The second-order valence-corrected chi connectivity index (χ2v) is 24.2. The molecule has 8 heterocycles. The van der Waals surface area contributed by atoms with Crippen molar-refractivity contribution in [2.75, 3.05) is 58.4 Å². The second-order valence-electron chi connectivity index (χ2n) is 23.3. The number of rotatable bonds is 11. The zero-order valence-electron chi connectivity index (χ0n) is 46.9. The standard InChI is InChI=1S/C61H75N11O6S/c1-9-70-51-21-18-39-28-46(51)48(55(70)47-30-44(33-63-52(47)38(4)77-8)69-26-24-68(25-27-69)43-19-20-43)31-61(5,6)36-78-59(75)49-17-13-23-72(66-49)58(74)50(29-42-35-79-57(39)64-42)65-56(73)53(37(2)3)67(7)60(76)71-34-41-14-10-11-16-45(41)54(71)40-15-12-22-62-32-40/h10-12,14-16,18,21-22,28,30,32-33,35,37-38,43,49-50,53-54,66H,9,13,17,19-20,23-27,29,31,34,36H2,1-8H3,(H,65,73)/t38-,49-,50-,53-,54-/m0/s1. The third-order valence-electron chi connectivity index (χ3n) is 16.8. The first-order chi connectivity index (χ1) is 38.1. The summed E-state index contributed by atoms with van der Waals surface area (Å²) in [5.74, 6) is -1.66. The van der Waals surface area contributed by atoms with Crippen LogP contribution in [-0.4, -0.2) is 141 Å². The molecule has 4 aromatic heterocycles. The number of aromatic nitrogens is 4. The average molecular weight is 1090 g/mol. The number of esters is 1. The molecule has 6 bridgehead atoms. The Bertz CT molecular complexity index is 3240. The molecule has 2 aromatic carbocycles. The highest BCUT2D eigenvalue weighted by molar-refractivity contribution is 7.13. The van der Waals surface area contributed by atoms with E-state index in [-0.39, 0.29) is 31.1 Å². The van der Waals surface area contributed by atoms with Gasteiger partial charge in [0.05, 0.1) is 47.7 Å². The van der Waals surface area contributed by atoms with Crippen LogP contribution in [0, 0.1) is 11.3 Å². The molecular weight excluding hydrogens is 1010 g/mol. The van der Waals surface area contributed by atoms with Crippen LogP contribution in [0.25, 0.3) is 32.7 Å². The Hall–Kier alpha value is -6.73. The Morgan fingerprint density at radius 2 is 1.78 bits per heavy atom.